The smallest absolute Gasteiger partial charge is 0.0967 e. The van der Waals surface area contributed by atoms with Crippen molar-refractivity contribution in [1.29, 1.82) is 0 Å². The third kappa shape index (κ3) is 3.63. The fraction of sp³-hybridized carbons (Fsp3) is 0.900. The summed E-state index contributed by atoms with van der Waals surface area (Å²) in [6.07, 6.45) is 12.9. The van der Waals surface area contributed by atoms with Crippen LogP contribution < -0.4 is 0 Å². The number of hydrogen-bond donors (Lipinski definition) is 0. The minimum Gasteiger partial charge on any atom is -0.300 e. The first-order valence-electron chi connectivity index (χ1n) is 10.6. The Morgan fingerprint density at radius 3 is 2.40 bits per heavy atom. The van der Waals surface area contributed by atoms with Crippen LogP contribution in [0.15, 0.2) is 6.20 Å². The van der Waals surface area contributed by atoms with E-state index in [0.29, 0.717) is 11.5 Å². The molecule has 2 saturated heterocycles. The molecule has 0 radical (unpaired) electrons. The number of hydrogen-bond acceptors (Lipinski definition) is 4. The van der Waals surface area contributed by atoms with E-state index in [4.69, 9.17) is 0 Å². The van der Waals surface area contributed by atoms with Crippen LogP contribution in [0.4, 0.5) is 0 Å². The maximum atomic E-state index is 4.49. The number of nitrogens with zero attached hydrogens (tertiary/aromatic N) is 5. The first kappa shape index (κ1) is 17.5. The van der Waals surface area contributed by atoms with Gasteiger partial charge >= 0.3 is 0 Å². The summed E-state index contributed by atoms with van der Waals surface area (Å²) in [6, 6.07) is 1.45. The standard InChI is InChI=1S/C20H35N5/c1-3-20(4-2)10-13-23(16-20)14-17-15-25(22-21-17)19-8-11-24(12-9-19)18-6-5-7-18/h15,18-19H,3-14,16H2,1-2H3. The van der Waals surface area contributed by atoms with Gasteiger partial charge in [-0.05, 0) is 56.9 Å². The molecular weight excluding hydrogens is 310 g/mol. The van der Waals surface area contributed by atoms with Gasteiger partial charge in [0.15, 0.2) is 0 Å². The summed E-state index contributed by atoms with van der Waals surface area (Å²) in [5.41, 5.74) is 1.70. The molecule has 2 aliphatic heterocycles. The zero-order valence-corrected chi connectivity index (χ0v) is 16.2. The summed E-state index contributed by atoms with van der Waals surface area (Å²) in [5.74, 6) is 0. The molecule has 0 aromatic carbocycles. The Hall–Kier alpha value is -0.940. The molecule has 25 heavy (non-hydrogen) atoms. The van der Waals surface area contributed by atoms with Crippen molar-refractivity contribution in [2.45, 2.75) is 83.8 Å². The van der Waals surface area contributed by atoms with E-state index in [9.17, 15) is 0 Å². The maximum absolute atomic E-state index is 4.49. The van der Waals surface area contributed by atoms with Crippen molar-refractivity contribution in [3.05, 3.63) is 11.9 Å². The third-order valence-electron chi connectivity index (χ3n) is 7.43. The molecule has 4 rings (SSSR count). The van der Waals surface area contributed by atoms with E-state index in [1.165, 1.54) is 77.5 Å². The molecule has 1 aromatic rings. The first-order valence-corrected chi connectivity index (χ1v) is 10.6. The van der Waals surface area contributed by atoms with Crippen LogP contribution in [0.5, 0.6) is 0 Å². The average molecular weight is 346 g/mol. The van der Waals surface area contributed by atoms with Crippen molar-refractivity contribution < 1.29 is 0 Å². The van der Waals surface area contributed by atoms with Gasteiger partial charge in [0, 0.05) is 32.2 Å². The molecule has 1 aromatic heterocycles. The summed E-state index contributed by atoms with van der Waals surface area (Å²) in [5, 5.41) is 8.98. The van der Waals surface area contributed by atoms with Crippen LogP contribution in [-0.4, -0.2) is 57.0 Å². The van der Waals surface area contributed by atoms with Crippen LogP contribution in [0.25, 0.3) is 0 Å². The van der Waals surface area contributed by atoms with Crippen LogP contribution in [0.2, 0.25) is 0 Å². The van der Waals surface area contributed by atoms with E-state index in [0.717, 1.165) is 18.3 Å². The highest BCUT2D eigenvalue weighted by Gasteiger charge is 2.35. The molecule has 140 valence electrons. The molecule has 3 heterocycles. The Labute approximate surface area is 152 Å². The second-order valence-electron chi connectivity index (χ2n) is 8.71. The van der Waals surface area contributed by atoms with Crippen molar-refractivity contribution in [2.75, 3.05) is 26.2 Å². The SMILES string of the molecule is CCC1(CC)CCN(Cc2cn(C3CCN(C4CCC4)CC3)nn2)C1. The summed E-state index contributed by atoms with van der Waals surface area (Å²) in [7, 11) is 0. The lowest BCUT2D eigenvalue weighted by Gasteiger charge is -2.41. The minimum atomic E-state index is 0.546. The lowest BCUT2D eigenvalue weighted by Crippen LogP contribution is -2.45. The van der Waals surface area contributed by atoms with Gasteiger partial charge in [0.25, 0.3) is 0 Å². The highest BCUT2D eigenvalue weighted by Crippen LogP contribution is 2.37. The number of rotatable bonds is 6. The van der Waals surface area contributed by atoms with Crippen molar-refractivity contribution in [3.8, 4) is 0 Å². The fourth-order valence-electron chi connectivity index (χ4n) is 5.05. The summed E-state index contributed by atoms with van der Waals surface area (Å²) in [4.78, 5) is 5.29. The van der Waals surface area contributed by atoms with Crippen LogP contribution in [0, 0.1) is 5.41 Å². The zero-order valence-electron chi connectivity index (χ0n) is 16.2. The van der Waals surface area contributed by atoms with E-state index in [1.54, 1.807) is 0 Å². The average Bonchev–Trinajstić information content (AvgIpc) is 3.22. The van der Waals surface area contributed by atoms with E-state index in [2.05, 4.69) is 44.8 Å². The molecule has 3 fully saturated rings. The first-order chi connectivity index (χ1) is 12.2. The van der Waals surface area contributed by atoms with Gasteiger partial charge in [0.2, 0.25) is 0 Å². The Morgan fingerprint density at radius 1 is 1.04 bits per heavy atom. The van der Waals surface area contributed by atoms with Gasteiger partial charge in [-0.3, -0.25) is 4.90 Å². The largest absolute Gasteiger partial charge is 0.300 e. The van der Waals surface area contributed by atoms with Crippen molar-refractivity contribution in [1.82, 2.24) is 24.8 Å². The summed E-state index contributed by atoms with van der Waals surface area (Å²) in [6.45, 7) is 10.6. The predicted molar refractivity (Wildman–Crippen MR) is 100 cm³/mol. The van der Waals surface area contributed by atoms with Crippen LogP contribution in [-0.2, 0) is 6.54 Å². The van der Waals surface area contributed by atoms with E-state index in [1.807, 2.05) is 0 Å². The van der Waals surface area contributed by atoms with Crippen molar-refractivity contribution >= 4 is 0 Å². The second kappa shape index (κ2) is 7.36. The van der Waals surface area contributed by atoms with Crippen LogP contribution >= 0.6 is 0 Å². The third-order valence-corrected chi connectivity index (χ3v) is 7.43. The summed E-state index contributed by atoms with van der Waals surface area (Å²) < 4.78 is 2.16. The van der Waals surface area contributed by atoms with Gasteiger partial charge in [-0.25, -0.2) is 4.68 Å². The molecule has 0 atom stereocenters. The second-order valence-corrected chi connectivity index (χ2v) is 8.71. The highest BCUT2D eigenvalue weighted by molar-refractivity contribution is 4.98. The van der Waals surface area contributed by atoms with Crippen molar-refractivity contribution in [2.24, 2.45) is 5.41 Å². The number of piperidine rings is 1. The quantitative estimate of drug-likeness (QED) is 0.791. The Morgan fingerprint density at radius 2 is 1.80 bits per heavy atom. The van der Waals surface area contributed by atoms with Gasteiger partial charge in [0.05, 0.1) is 17.9 Å². The van der Waals surface area contributed by atoms with Gasteiger partial charge in [-0.2, -0.15) is 0 Å². The number of aromatic nitrogens is 3. The van der Waals surface area contributed by atoms with Gasteiger partial charge in [-0.1, -0.05) is 25.5 Å². The molecule has 1 saturated carbocycles. The van der Waals surface area contributed by atoms with E-state index >= 15 is 0 Å². The molecule has 5 heteroatoms. The minimum absolute atomic E-state index is 0.546. The normalized spacial score (nSPS) is 26.2. The molecule has 0 spiro atoms. The fourth-order valence-corrected chi connectivity index (χ4v) is 5.05. The lowest BCUT2D eigenvalue weighted by molar-refractivity contribution is 0.0838. The van der Waals surface area contributed by atoms with E-state index < -0.39 is 0 Å². The molecule has 5 nitrogen and oxygen atoms in total. The van der Waals surface area contributed by atoms with Crippen LogP contribution in [0.1, 0.15) is 76.9 Å². The molecule has 0 unspecified atom stereocenters. The van der Waals surface area contributed by atoms with Crippen molar-refractivity contribution in [3.63, 3.8) is 0 Å². The van der Waals surface area contributed by atoms with Gasteiger partial charge in [0.1, 0.15) is 0 Å². The molecule has 0 N–H and O–H groups in total. The Balaban J connectivity index is 1.29. The lowest BCUT2D eigenvalue weighted by atomic mass is 9.82. The maximum Gasteiger partial charge on any atom is 0.0967 e. The van der Waals surface area contributed by atoms with Crippen LogP contribution in [0.3, 0.4) is 0 Å². The predicted octanol–water partition coefficient (Wildman–Crippen LogP) is 3.48. The Kier molecular flexibility index (Phi) is 5.14. The molecule has 0 bridgehead atoms. The van der Waals surface area contributed by atoms with E-state index in [-0.39, 0.29) is 0 Å². The molecule has 1 aliphatic carbocycles. The van der Waals surface area contributed by atoms with Gasteiger partial charge < -0.3 is 4.90 Å². The monoisotopic (exact) mass is 345 g/mol. The highest BCUT2D eigenvalue weighted by atomic mass is 15.4. The van der Waals surface area contributed by atoms with Gasteiger partial charge in [-0.15, -0.1) is 5.10 Å². The summed E-state index contributed by atoms with van der Waals surface area (Å²) >= 11 is 0. The zero-order chi connectivity index (χ0) is 17.3. The molecule has 3 aliphatic rings. The molecular formula is C20H35N5. The topological polar surface area (TPSA) is 37.2 Å². The number of likely N-dealkylation sites (tertiary alicyclic amines) is 2. The molecule has 0 amide bonds. The Bertz CT molecular complexity index is 552.